The van der Waals surface area contributed by atoms with Gasteiger partial charge in [-0.1, -0.05) is 11.6 Å². The first-order chi connectivity index (χ1) is 12.0. The third-order valence-electron chi connectivity index (χ3n) is 4.09. The van der Waals surface area contributed by atoms with Crippen LogP contribution in [-0.4, -0.2) is 40.6 Å². The van der Waals surface area contributed by atoms with Gasteiger partial charge in [-0.2, -0.15) is 4.98 Å². The summed E-state index contributed by atoms with van der Waals surface area (Å²) < 4.78 is 6.01. The van der Waals surface area contributed by atoms with Crippen LogP contribution in [0.4, 0.5) is 11.0 Å². The number of nitro groups is 1. The molecule has 0 amide bonds. The highest BCUT2D eigenvalue weighted by Crippen LogP contribution is 2.38. The van der Waals surface area contributed by atoms with Gasteiger partial charge in [-0.15, -0.1) is 0 Å². The summed E-state index contributed by atoms with van der Waals surface area (Å²) in [7, 11) is 0. The molecule has 1 aliphatic heterocycles. The predicted molar refractivity (Wildman–Crippen MR) is 96.5 cm³/mol. The third kappa shape index (κ3) is 2.94. The molecule has 1 aromatic carbocycles. The maximum atomic E-state index is 10.9. The molecule has 130 valence electrons. The van der Waals surface area contributed by atoms with Crippen molar-refractivity contribution in [1.82, 2.24) is 15.3 Å². The molecule has 10 heteroatoms. The summed E-state index contributed by atoms with van der Waals surface area (Å²) in [5.74, 6) is 0. The molecule has 3 aromatic rings. The molecule has 1 atom stereocenters. The molecule has 2 aromatic heterocycles. The first-order valence-corrected chi connectivity index (χ1v) is 8.90. The van der Waals surface area contributed by atoms with Crippen molar-refractivity contribution in [3.8, 4) is 10.6 Å². The second-order valence-corrected chi connectivity index (χ2v) is 7.25. The Labute approximate surface area is 151 Å². The Morgan fingerprint density at radius 3 is 3.08 bits per heavy atom. The zero-order chi connectivity index (χ0) is 17.6. The van der Waals surface area contributed by atoms with Crippen LogP contribution in [0.3, 0.4) is 0 Å². The zero-order valence-corrected chi connectivity index (χ0v) is 14.8. The Hall–Kier alpha value is -2.23. The van der Waals surface area contributed by atoms with Crippen LogP contribution in [0.2, 0.25) is 5.02 Å². The smallest absolute Gasteiger partial charge is 0.344 e. The van der Waals surface area contributed by atoms with Gasteiger partial charge in [0.25, 0.3) is 6.01 Å². The van der Waals surface area contributed by atoms with E-state index in [1.165, 1.54) is 6.20 Å². The zero-order valence-electron chi connectivity index (χ0n) is 13.2. The van der Waals surface area contributed by atoms with E-state index in [2.05, 4.69) is 27.1 Å². The number of oxazole rings is 1. The molecule has 0 unspecified atom stereocenters. The molecule has 0 spiro atoms. The lowest BCUT2D eigenvalue weighted by molar-refractivity contribution is -0.380. The summed E-state index contributed by atoms with van der Waals surface area (Å²) in [6.07, 6.45) is 1.24. The van der Waals surface area contributed by atoms with Gasteiger partial charge in [-0.25, -0.2) is 4.98 Å². The van der Waals surface area contributed by atoms with E-state index in [1.54, 1.807) is 12.1 Å². The van der Waals surface area contributed by atoms with Crippen LogP contribution in [-0.2, 0) is 0 Å². The fourth-order valence-corrected chi connectivity index (χ4v) is 3.83. The molecule has 0 saturated carbocycles. The van der Waals surface area contributed by atoms with Gasteiger partial charge >= 0.3 is 5.00 Å². The van der Waals surface area contributed by atoms with Crippen molar-refractivity contribution in [2.75, 3.05) is 24.5 Å². The summed E-state index contributed by atoms with van der Waals surface area (Å²) in [6, 6.07) is 4.20. The van der Waals surface area contributed by atoms with E-state index in [9.17, 15) is 10.1 Å². The summed E-state index contributed by atoms with van der Waals surface area (Å²) in [5, 5.41) is 15.2. The Morgan fingerprint density at radius 1 is 1.52 bits per heavy atom. The lowest BCUT2D eigenvalue weighted by Gasteiger charge is -2.32. The van der Waals surface area contributed by atoms with Gasteiger partial charge in [0.05, 0.1) is 10.5 Å². The second kappa shape index (κ2) is 6.25. The lowest BCUT2D eigenvalue weighted by Crippen LogP contribution is -2.50. The molecule has 0 bridgehead atoms. The number of halogens is 1. The monoisotopic (exact) mass is 379 g/mol. The van der Waals surface area contributed by atoms with E-state index in [-0.39, 0.29) is 11.0 Å². The van der Waals surface area contributed by atoms with Gasteiger partial charge in [0.1, 0.15) is 16.7 Å². The van der Waals surface area contributed by atoms with Gasteiger partial charge in [-0.05, 0) is 30.4 Å². The second-order valence-electron chi connectivity index (χ2n) is 5.81. The SMILES string of the molecule is C[C@H]1CNCCN1c1nc2cc(Cl)cc(-c3ncc([N+](=O)[O-])s3)c2o1. The van der Waals surface area contributed by atoms with Crippen molar-refractivity contribution in [2.45, 2.75) is 13.0 Å². The van der Waals surface area contributed by atoms with E-state index in [0.717, 1.165) is 31.0 Å². The molecular formula is C15H14ClN5O3S. The summed E-state index contributed by atoms with van der Waals surface area (Å²) >= 11 is 7.19. The van der Waals surface area contributed by atoms with Crippen LogP contribution in [0.25, 0.3) is 21.7 Å². The number of piperazine rings is 1. The molecular weight excluding hydrogens is 366 g/mol. The topological polar surface area (TPSA) is 97.3 Å². The van der Waals surface area contributed by atoms with E-state index < -0.39 is 4.92 Å². The van der Waals surface area contributed by atoms with Crippen molar-refractivity contribution >= 4 is 45.1 Å². The third-order valence-corrected chi connectivity index (χ3v) is 5.29. The van der Waals surface area contributed by atoms with Crippen LogP contribution in [0, 0.1) is 10.1 Å². The standard InChI is InChI=1S/C15H14ClN5O3S/c1-8-6-17-2-3-20(8)15-19-11-5-9(16)4-10(13(11)24-15)14-18-7-12(25-14)21(22)23/h4-5,7-8,17H,2-3,6H2,1H3/t8-/m0/s1. The number of rotatable bonds is 3. The van der Waals surface area contributed by atoms with Gasteiger partial charge in [0, 0.05) is 30.7 Å². The van der Waals surface area contributed by atoms with Crippen molar-refractivity contribution in [3.05, 3.63) is 33.5 Å². The Balaban J connectivity index is 1.82. The van der Waals surface area contributed by atoms with E-state index in [4.69, 9.17) is 16.0 Å². The summed E-state index contributed by atoms with van der Waals surface area (Å²) in [6.45, 7) is 4.60. The van der Waals surface area contributed by atoms with Crippen molar-refractivity contribution in [2.24, 2.45) is 0 Å². The molecule has 3 heterocycles. The van der Waals surface area contributed by atoms with Crippen LogP contribution >= 0.6 is 22.9 Å². The average molecular weight is 380 g/mol. The van der Waals surface area contributed by atoms with E-state index in [0.29, 0.717) is 32.7 Å². The Kier molecular flexibility index (Phi) is 4.06. The first-order valence-electron chi connectivity index (χ1n) is 7.71. The highest BCUT2D eigenvalue weighted by atomic mass is 35.5. The number of anilines is 1. The Bertz CT molecular complexity index is 956. The molecule has 1 N–H and O–H groups in total. The molecule has 0 aliphatic carbocycles. The maximum absolute atomic E-state index is 10.9. The normalized spacial score (nSPS) is 18.0. The van der Waals surface area contributed by atoms with Crippen LogP contribution in [0.5, 0.6) is 0 Å². The molecule has 25 heavy (non-hydrogen) atoms. The van der Waals surface area contributed by atoms with Crippen molar-refractivity contribution in [3.63, 3.8) is 0 Å². The first kappa shape index (κ1) is 16.2. The number of aromatic nitrogens is 2. The number of nitrogens with one attached hydrogen (secondary N) is 1. The molecule has 0 radical (unpaired) electrons. The number of fused-ring (bicyclic) bond motifs is 1. The van der Waals surface area contributed by atoms with Gasteiger partial charge < -0.3 is 14.6 Å². The van der Waals surface area contributed by atoms with Gasteiger partial charge in [0.2, 0.25) is 0 Å². The number of hydrogen-bond acceptors (Lipinski definition) is 8. The molecule has 1 fully saturated rings. The minimum atomic E-state index is -0.461. The van der Waals surface area contributed by atoms with Crippen molar-refractivity contribution < 1.29 is 9.34 Å². The molecule has 4 rings (SSSR count). The largest absolute Gasteiger partial charge is 0.423 e. The lowest BCUT2D eigenvalue weighted by atomic mass is 10.2. The number of thiazole rings is 1. The predicted octanol–water partition coefficient (Wildman–Crippen LogP) is 3.31. The Morgan fingerprint density at radius 2 is 2.36 bits per heavy atom. The average Bonchev–Trinajstić information content (AvgIpc) is 3.21. The summed E-state index contributed by atoms with van der Waals surface area (Å²) in [5.41, 5.74) is 1.76. The van der Waals surface area contributed by atoms with E-state index in [1.807, 2.05) is 0 Å². The quantitative estimate of drug-likeness (QED) is 0.550. The highest BCUT2D eigenvalue weighted by Gasteiger charge is 2.25. The fraction of sp³-hybridized carbons (Fsp3) is 0.333. The molecule has 1 saturated heterocycles. The van der Waals surface area contributed by atoms with Gasteiger partial charge in [-0.3, -0.25) is 10.1 Å². The number of nitrogens with zero attached hydrogens (tertiary/aromatic N) is 4. The highest BCUT2D eigenvalue weighted by molar-refractivity contribution is 7.18. The summed E-state index contributed by atoms with van der Waals surface area (Å²) in [4.78, 5) is 21.3. The number of hydrogen-bond donors (Lipinski definition) is 1. The van der Waals surface area contributed by atoms with Gasteiger partial charge in [0.15, 0.2) is 5.58 Å². The maximum Gasteiger partial charge on any atom is 0.344 e. The van der Waals surface area contributed by atoms with E-state index >= 15 is 0 Å². The number of benzene rings is 1. The van der Waals surface area contributed by atoms with Crippen LogP contribution in [0.15, 0.2) is 22.7 Å². The van der Waals surface area contributed by atoms with Crippen LogP contribution in [0.1, 0.15) is 6.92 Å². The van der Waals surface area contributed by atoms with Crippen LogP contribution < -0.4 is 10.2 Å². The molecule has 1 aliphatic rings. The molecule has 8 nitrogen and oxygen atoms in total. The minimum absolute atomic E-state index is 0.0291. The van der Waals surface area contributed by atoms with Crippen molar-refractivity contribution in [1.29, 1.82) is 0 Å². The minimum Gasteiger partial charge on any atom is -0.423 e. The fourth-order valence-electron chi connectivity index (χ4n) is 2.87.